The molecule has 100 valence electrons. The summed E-state index contributed by atoms with van der Waals surface area (Å²) in [7, 11) is 0. The molecule has 2 rings (SSSR count). The first-order valence-electron chi connectivity index (χ1n) is 6.09. The van der Waals surface area contributed by atoms with Crippen molar-refractivity contribution >= 4 is 0 Å². The molecule has 0 bridgehead atoms. The number of nitrogens with two attached hydrogens (primary N) is 1. The highest BCUT2D eigenvalue weighted by Crippen LogP contribution is 2.31. The van der Waals surface area contributed by atoms with Crippen LogP contribution in [0.4, 0.5) is 8.78 Å². The van der Waals surface area contributed by atoms with Crippen molar-refractivity contribution in [2.24, 2.45) is 5.73 Å². The molecule has 0 amide bonds. The summed E-state index contributed by atoms with van der Waals surface area (Å²) in [5.41, 5.74) is 6.78. The summed E-state index contributed by atoms with van der Waals surface area (Å²) in [4.78, 5) is 0. The van der Waals surface area contributed by atoms with E-state index in [0.29, 0.717) is 5.75 Å². The highest BCUT2D eigenvalue weighted by atomic mass is 19.1. The predicted octanol–water partition coefficient (Wildman–Crippen LogP) is 4.17. The monoisotopic (exact) mass is 263 g/mol. The second-order valence-electron chi connectivity index (χ2n) is 4.23. The minimum absolute atomic E-state index is 0.0165. The molecule has 0 radical (unpaired) electrons. The van der Waals surface area contributed by atoms with Crippen molar-refractivity contribution in [1.82, 2.24) is 0 Å². The van der Waals surface area contributed by atoms with Gasteiger partial charge in [0.15, 0.2) is 11.6 Å². The molecular formula is C15H15F2NO. The Morgan fingerprint density at radius 3 is 2.53 bits per heavy atom. The second kappa shape index (κ2) is 5.80. The Kier molecular flexibility index (Phi) is 4.12. The van der Waals surface area contributed by atoms with Crippen molar-refractivity contribution in [3.05, 3.63) is 59.7 Å². The molecule has 2 nitrogen and oxygen atoms in total. The number of hydrogen-bond donors (Lipinski definition) is 1. The molecule has 0 aliphatic heterocycles. The first-order valence-corrected chi connectivity index (χ1v) is 6.09. The molecule has 0 aliphatic carbocycles. The average Bonchev–Trinajstić information content (AvgIpc) is 2.41. The minimum Gasteiger partial charge on any atom is -0.454 e. The van der Waals surface area contributed by atoms with E-state index in [-0.39, 0.29) is 11.8 Å². The van der Waals surface area contributed by atoms with Crippen LogP contribution in [0.3, 0.4) is 0 Å². The van der Waals surface area contributed by atoms with Crippen molar-refractivity contribution in [1.29, 1.82) is 0 Å². The number of hydrogen-bond acceptors (Lipinski definition) is 2. The number of para-hydroxylation sites is 1. The van der Waals surface area contributed by atoms with Gasteiger partial charge in [-0.2, -0.15) is 0 Å². The van der Waals surface area contributed by atoms with Crippen LogP contribution in [-0.4, -0.2) is 0 Å². The maximum absolute atomic E-state index is 13.6. The Balaban J connectivity index is 2.33. The van der Waals surface area contributed by atoms with E-state index in [1.54, 1.807) is 12.1 Å². The molecule has 0 heterocycles. The van der Waals surface area contributed by atoms with Crippen LogP contribution in [0.5, 0.6) is 11.5 Å². The molecule has 0 fully saturated rings. The lowest BCUT2D eigenvalue weighted by atomic mass is 10.0. The van der Waals surface area contributed by atoms with Crippen LogP contribution in [0.15, 0.2) is 42.5 Å². The Hall–Kier alpha value is -1.94. The van der Waals surface area contributed by atoms with E-state index in [2.05, 4.69) is 0 Å². The van der Waals surface area contributed by atoms with Gasteiger partial charge in [-0.25, -0.2) is 8.78 Å². The van der Waals surface area contributed by atoms with Crippen molar-refractivity contribution in [3.63, 3.8) is 0 Å². The van der Waals surface area contributed by atoms with Crippen LogP contribution >= 0.6 is 0 Å². The van der Waals surface area contributed by atoms with E-state index in [4.69, 9.17) is 10.5 Å². The lowest BCUT2D eigenvalue weighted by molar-refractivity contribution is 0.429. The van der Waals surface area contributed by atoms with Gasteiger partial charge < -0.3 is 10.5 Å². The van der Waals surface area contributed by atoms with Gasteiger partial charge in [0.1, 0.15) is 11.6 Å². The molecule has 0 aliphatic rings. The fourth-order valence-corrected chi connectivity index (χ4v) is 1.78. The number of rotatable bonds is 4. The number of ether oxygens (including phenoxy) is 1. The summed E-state index contributed by atoms with van der Waals surface area (Å²) in [6.45, 7) is 1.96. The maximum Gasteiger partial charge on any atom is 0.168 e. The fourth-order valence-electron chi connectivity index (χ4n) is 1.78. The third-order valence-electron chi connectivity index (χ3n) is 2.87. The van der Waals surface area contributed by atoms with E-state index in [9.17, 15) is 8.78 Å². The Bertz CT molecular complexity index is 572. The van der Waals surface area contributed by atoms with Gasteiger partial charge in [-0.1, -0.05) is 25.1 Å². The molecule has 0 saturated carbocycles. The van der Waals surface area contributed by atoms with Crippen molar-refractivity contribution in [3.8, 4) is 11.5 Å². The zero-order valence-corrected chi connectivity index (χ0v) is 10.6. The van der Waals surface area contributed by atoms with Crippen LogP contribution in [0.25, 0.3) is 0 Å². The molecule has 2 N–H and O–H groups in total. The molecule has 4 heteroatoms. The minimum atomic E-state index is -0.736. The van der Waals surface area contributed by atoms with Crippen molar-refractivity contribution in [2.45, 2.75) is 19.4 Å². The lowest BCUT2D eigenvalue weighted by Crippen LogP contribution is -2.09. The van der Waals surface area contributed by atoms with Crippen LogP contribution in [0.2, 0.25) is 0 Å². The zero-order chi connectivity index (χ0) is 13.8. The highest BCUT2D eigenvalue weighted by Gasteiger charge is 2.12. The van der Waals surface area contributed by atoms with E-state index in [0.717, 1.165) is 24.1 Å². The van der Waals surface area contributed by atoms with Gasteiger partial charge in [0.2, 0.25) is 0 Å². The van der Waals surface area contributed by atoms with Gasteiger partial charge in [0, 0.05) is 17.7 Å². The molecule has 1 unspecified atom stereocenters. The van der Waals surface area contributed by atoms with Crippen LogP contribution < -0.4 is 10.5 Å². The fraction of sp³-hybridized carbons (Fsp3) is 0.200. The SMILES string of the molecule is CCC(N)c1ccccc1Oc1ccc(F)cc1F. The lowest BCUT2D eigenvalue weighted by Gasteiger charge is -2.15. The highest BCUT2D eigenvalue weighted by molar-refractivity contribution is 5.40. The summed E-state index contributed by atoms with van der Waals surface area (Å²) in [6, 6.07) is 10.2. The second-order valence-corrected chi connectivity index (χ2v) is 4.23. The third-order valence-corrected chi connectivity index (χ3v) is 2.87. The summed E-state index contributed by atoms with van der Waals surface area (Å²) in [5, 5.41) is 0. The van der Waals surface area contributed by atoms with Gasteiger partial charge in [-0.3, -0.25) is 0 Å². The van der Waals surface area contributed by atoms with Crippen molar-refractivity contribution < 1.29 is 13.5 Å². The molecular weight excluding hydrogens is 248 g/mol. The van der Waals surface area contributed by atoms with Gasteiger partial charge in [0.05, 0.1) is 0 Å². The van der Waals surface area contributed by atoms with E-state index in [1.165, 1.54) is 6.07 Å². The molecule has 2 aromatic carbocycles. The van der Waals surface area contributed by atoms with E-state index in [1.807, 2.05) is 19.1 Å². The Labute approximate surface area is 110 Å². The van der Waals surface area contributed by atoms with Gasteiger partial charge in [-0.05, 0) is 24.6 Å². The topological polar surface area (TPSA) is 35.2 Å². The van der Waals surface area contributed by atoms with Crippen LogP contribution in [0.1, 0.15) is 24.9 Å². The maximum atomic E-state index is 13.6. The summed E-state index contributed by atoms with van der Waals surface area (Å²) < 4.78 is 31.9. The molecule has 19 heavy (non-hydrogen) atoms. The van der Waals surface area contributed by atoms with Gasteiger partial charge in [-0.15, -0.1) is 0 Å². The van der Waals surface area contributed by atoms with Gasteiger partial charge >= 0.3 is 0 Å². The quantitative estimate of drug-likeness (QED) is 0.898. The summed E-state index contributed by atoms with van der Waals surface area (Å²) in [5.74, 6) is -0.900. The normalized spacial score (nSPS) is 12.2. The molecule has 0 spiro atoms. The third kappa shape index (κ3) is 3.09. The standard InChI is InChI=1S/C15H15F2NO/c1-2-13(18)11-5-3-4-6-14(11)19-15-8-7-10(16)9-12(15)17/h3-9,13H,2,18H2,1H3. The number of halogens is 2. The van der Waals surface area contributed by atoms with Crippen LogP contribution in [-0.2, 0) is 0 Å². The average molecular weight is 263 g/mol. The molecule has 0 aromatic heterocycles. The Morgan fingerprint density at radius 2 is 1.84 bits per heavy atom. The summed E-state index contributed by atoms with van der Waals surface area (Å²) in [6.07, 6.45) is 0.742. The number of benzene rings is 2. The smallest absolute Gasteiger partial charge is 0.168 e. The molecule has 2 aromatic rings. The van der Waals surface area contributed by atoms with Crippen LogP contribution in [0, 0.1) is 11.6 Å². The zero-order valence-electron chi connectivity index (χ0n) is 10.6. The first-order chi connectivity index (χ1) is 9.11. The van der Waals surface area contributed by atoms with Crippen molar-refractivity contribution in [2.75, 3.05) is 0 Å². The van der Waals surface area contributed by atoms with E-state index >= 15 is 0 Å². The predicted molar refractivity (Wildman–Crippen MR) is 70.1 cm³/mol. The largest absolute Gasteiger partial charge is 0.454 e. The summed E-state index contributed by atoms with van der Waals surface area (Å²) >= 11 is 0. The Morgan fingerprint density at radius 1 is 1.11 bits per heavy atom. The van der Waals surface area contributed by atoms with Gasteiger partial charge in [0.25, 0.3) is 0 Å². The first kappa shape index (κ1) is 13.5. The molecule has 1 atom stereocenters. The molecule has 0 saturated heterocycles. The van der Waals surface area contributed by atoms with E-state index < -0.39 is 11.6 Å².